The quantitative estimate of drug-likeness (QED) is 0.841. The molecule has 0 aliphatic heterocycles. The molecular formula is C13H16FNO3. The van der Waals surface area contributed by atoms with Gasteiger partial charge in [-0.05, 0) is 25.3 Å². The fourth-order valence-corrected chi connectivity index (χ4v) is 2.11. The second-order valence-corrected chi connectivity index (χ2v) is 4.53. The van der Waals surface area contributed by atoms with E-state index in [2.05, 4.69) is 5.32 Å². The van der Waals surface area contributed by atoms with Crippen LogP contribution in [-0.2, 0) is 11.3 Å². The first-order chi connectivity index (χ1) is 8.59. The van der Waals surface area contributed by atoms with E-state index in [0.29, 0.717) is 18.4 Å². The minimum Gasteiger partial charge on any atom is -0.494 e. The fourth-order valence-electron chi connectivity index (χ4n) is 2.11. The van der Waals surface area contributed by atoms with E-state index < -0.39 is 17.3 Å². The molecule has 4 nitrogen and oxygen atoms in total. The Hall–Kier alpha value is -1.62. The lowest BCUT2D eigenvalue weighted by molar-refractivity contribution is -0.148. The molecule has 98 valence electrons. The summed E-state index contributed by atoms with van der Waals surface area (Å²) < 4.78 is 18.7. The molecule has 18 heavy (non-hydrogen) atoms. The van der Waals surface area contributed by atoms with Crippen molar-refractivity contribution in [2.24, 2.45) is 0 Å². The number of benzene rings is 1. The second-order valence-electron chi connectivity index (χ2n) is 4.53. The standard InChI is InChI=1S/C13H16FNO3/c1-18-10-5-2-4-9(11(10)14)8-15-13(12(16)17)6-3-7-13/h2,4-5,15H,3,6-8H2,1H3,(H,16,17). The number of hydrogen-bond acceptors (Lipinski definition) is 3. The molecule has 0 heterocycles. The Balaban J connectivity index is 2.08. The van der Waals surface area contributed by atoms with Crippen molar-refractivity contribution in [3.8, 4) is 5.75 Å². The largest absolute Gasteiger partial charge is 0.494 e. The van der Waals surface area contributed by atoms with Gasteiger partial charge in [-0.15, -0.1) is 0 Å². The highest BCUT2D eigenvalue weighted by atomic mass is 19.1. The van der Waals surface area contributed by atoms with Gasteiger partial charge >= 0.3 is 5.97 Å². The van der Waals surface area contributed by atoms with Gasteiger partial charge in [-0.25, -0.2) is 4.39 Å². The highest BCUT2D eigenvalue weighted by Crippen LogP contribution is 2.32. The predicted octanol–water partition coefficient (Wildman–Crippen LogP) is 1.93. The molecule has 5 heteroatoms. The third kappa shape index (κ3) is 2.18. The number of hydrogen-bond donors (Lipinski definition) is 2. The molecule has 2 N–H and O–H groups in total. The summed E-state index contributed by atoms with van der Waals surface area (Å²) in [6, 6.07) is 4.85. The van der Waals surface area contributed by atoms with E-state index in [1.165, 1.54) is 13.2 Å². The van der Waals surface area contributed by atoms with Crippen molar-refractivity contribution < 1.29 is 19.0 Å². The van der Waals surface area contributed by atoms with Gasteiger partial charge in [0.1, 0.15) is 5.54 Å². The molecule has 0 unspecified atom stereocenters. The van der Waals surface area contributed by atoms with E-state index >= 15 is 0 Å². The first-order valence-electron chi connectivity index (χ1n) is 5.89. The summed E-state index contributed by atoms with van der Waals surface area (Å²) in [5, 5.41) is 12.1. The predicted molar refractivity (Wildman–Crippen MR) is 64.0 cm³/mol. The number of ether oxygens (including phenoxy) is 1. The molecule has 0 spiro atoms. The van der Waals surface area contributed by atoms with Gasteiger partial charge in [0.15, 0.2) is 11.6 Å². The third-order valence-corrected chi connectivity index (χ3v) is 3.50. The summed E-state index contributed by atoms with van der Waals surface area (Å²) in [6.45, 7) is 0.190. The van der Waals surface area contributed by atoms with Crippen LogP contribution in [-0.4, -0.2) is 23.7 Å². The first-order valence-corrected chi connectivity index (χ1v) is 5.89. The summed E-state index contributed by atoms with van der Waals surface area (Å²) >= 11 is 0. The van der Waals surface area contributed by atoms with Gasteiger partial charge in [0, 0.05) is 12.1 Å². The number of aliphatic carboxylic acids is 1. The Labute approximate surface area is 105 Å². The average molecular weight is 253 g/mol. The number of carboxylic acids is 1. The summed E-state index contributed by atoms with van der Waals surface area (Å²) in [5.74, 6) is -1.13. The van der Waals surface area contributed by atoms with Crippen LogP contribution in [0, 0.1) is 5.82 Å². The average Bonchev–Trinajstić information content (AvgIpc) is 2.29. The van der Waals surface area contributed by atoms with Crippen LogP contribution in [0.4, 0.5) is 4.39 Å². The van der Waals surface area contributed by atoms with Crippen LogP contribution < -0.4 is 10.1 Å². The number of rotatable bonds is 5. The zero-order valence-electron chi connectivity index (χ0n) is 10.2. The summed E-state index contributed by atoms with van der Waals surface area (Å²) in [4.78, 5) is 11.2. The smallest absolute Gasteiger partial charge is 0.323 e. The molecule has 1 aliphatic carbocycles. The van der Waals surface area contributed by atoms with Gasteiger partial charge in [-0.3, -0.25) is 10.1 Å². The van der Waals surface area contributed by atoms with Gasteiger partial charge in [0.2, 0.25) is 0 Å². The maximum absolute atomic E-state index is 13.9. The summed E-state index contributed by atoms with van der Waals surface area (Å²) in [5.41, 5.74) is -0.461. The molecule has 2 rings (SSSR count). The normalized spacial score (nSPS) is 17.0. The van der Waals surface area contributed by atoms with E-state index in [9.17, 15) is 9.18 Å². The number of halogens is 1. The minimum absolute atomic E-state index is 0.173. The molecule has 1 aromatic carbocycles. The Morgan fingerprint density at radius 2 is 2.28 bits per heavy atom. The molecular weight excluding hydrogens is 237 g/mol. The van der Waals surface area contributed by atoms with Crippen molar-refractivity contribution in [2.45, 2.75) is 31.3 Å². The van der Waals surface area contributed by atoms with Gasteiger partial charge < -0.3 is 9.84 Å². The van der Waals surface area contributed by atoms with Gasteiger partial charge in [0.25, 0.3) is 0 Å². The van der Waals surface area contributed by atoms with Crippen LogP contribution in [0.25, 0.3) is 0 Å². The molecule has 0 radical (unpaired) electrons. The zero-order valence-corrected chi connectivity index (χ0v) is 10.2. The fraction of sp³-hybridized carbons (Fsp3) is 0.462. The van der Waals surface area contributed by atoms with Crippen molar-refractivity contribution in [1.29, 1.82) is 0 Å². The van der Waals surface area contributed by atoms with Gasteiger partial charge in [0.05, 0.1) is 7.11 Å². The van der Waals surface area contributed by atoms with Crippen molar-refractivity contribution in [2.75, 3.05) is 7.11 Å². The van der Waals surface area contributed by atoms with E-state index in [1.807, 2.05) is 0 Å². The van der Waals surface area contributed by atoms with Crippen LogP contribution in [0.5, 0.6) is 5.75 Å². The SMILES string of the molecule is COc1cccc(CNC2(C(=O)O)CCC2)c1F. The Morgan fingerprint density at radius 1 is 1.56 bits per heavy atom. The van der Waals surface area contributed by atoms with Crippen LogP contribution >= 0.6 is 0 Å². The molecule has 0 bridgehead atoms. The van der Waals surface area contributed by atoms with Crippen LogP contribution in [0.3, 0.4) is 0 Å². The van der Waals surface area contributed by atoms with Crippen molar-refractivity contribution >= 4 is 5.97 Å². The molecule has 0 atom stereocenters. The molecule has 1 saturated carbocycles. The Bertz CT molecular complexity index is 458. The molecule has 0 aromatic heterocycles. The molecule has 0 amide bonds. The topological polar surface area (TPSA) is 58.6 Å². The number of carboxylic acid groups (broad SMARTS) is 1. The van der Waals surface area contributed by atoms with Gasteiger partial charge in [-0.2, -0.15) is 0 Å². The lowest BCUT2D eigenvalue weighted by Crippen LogP contribution is -2.56. The highest BCUT2D eigenvalue weighted by molar-refractivity contribution is 5.79. The first kappa shape index (κ1) is 12.8. The van der Waals surface area contributed by atoms with Crippen LogP contribution in [0.2, 0.25) is 0 Å². The van der Waals surface area contributed by atoms with Crippen molar-refractivity contribution in [3.63, 3.8) is 0 Å². The summed E-state index contributed by atoms with van der Waals surface area (Å²) in [7, 11) is 1.40. The van der Waals surface area contributed by atoms with Gasteiger partial charge in [-0.1, -0.05) is 12.1 Å². The number of carbonyl (C=O) groups is 1. The molecule has 1 aromatic rings. The minimum atomic E-state index is -0.879. The summed E-state index contributed by atoms with van der Waals surface area (Å²) in [6.07, 6.45) is 2.07. The van der Waals surface area contributed by atoms with Crippen molar-refractivity contribution in [1.82, 2.24) is 5.32 Å². The van der Waals surface area contributed by atoms with E-state index in [4.69, 9.17) is 9.84 Å². The molecule has 1 fully saturated rings. The zero-order chi connectivity index (χ0) is 13.2. The highest BCUT2D eigenvalue weighted by Gasteiger charge is 2.43. The molecule has 1 aliphatic rings. The molecule has 0 saturated heterocycles. The van der Waals surface area contributed by atoms with E-state index in [0.717, 1.165) is 6.42 Å². The number of nitrogens with one attached hydrogen (secondary N) is 1. The third-order valence-electron chi connectivity index (χ3n) is 3.50. The Kier molecular flexibility index (Phi) is 3.52. The monoisotopic (exact) mass is 253 g/mol. The Morgan fingerprint density at radius 3 is 2.78 bits per heavy atom. The van der Waals surface area contributed by atoms with E-state index in [-0.39, 0.29) is 12.3 Å². The number of methoxy groups -OCH3 is 1. The van der Waals surface area contributed by atoms with Crippen molar-refractivity contribution in [3.05, 3.63) is 29.6 Å². The second kappa shape index (κ2) is 4.94. The maximum atomic E-state index is 13.9. The lowest BCUT2D eigenvalue weighted by Gasteiger charge is -2.38. The van der Waals surface area contributed by atoms with Crippen LogP contribution in [0.1, 0.15) is 24.8 Å². The lowest BCUT2D eigenvalue weighted by atomic mass is 9.76. The van der Waals surface area contributed by atoms with Crippen LogP contribution in [0.15, 0.2) is 18.2 Å². The van der Waals surface area contributed by atoms with E-state index in [1.54, 1.807) is 12.1 Å². The maximum Gasteiger partial charge on any atom is 0.323 e.